The lowest BCUT2D eigenvalue weighted by Crippen LogP contribution is -2.39. The summed E-state index contributed by atoms with van der Waals surface area (Å²) in [5.41, 5.74) is 0. The SMILES string of the molecule is O=C(O)C(=O)OC1OC2OC12. The van der Waals surface area contributed by atoms with Gasteiger partial charge in [0.05, 0.1) is 0 Å². The largest absolute Gasteiger partial charge is 0.473 e. The van der Waals surface area contributed by atoms with Gasteiger partial charge in [0.2, 0.25) is 6.29 Å². The Bertz CT molecular complexity index is 223. The number of epoxide rings is 1. The van der Waals surface area contributed by atoms with Crippen molar-refractivity contribution in [3.05, 3.63) is 0 Å². The number of aliphatic carboxylic acids is 1. The van der Waals surface area contributed by atoms with E-state index < -0.39 is 18.2 Å². The van der Waals surface area contributed by atoms with Gasteiger partial charge in [0.15, 0.2) is 12.4 Å². The minimum atomic E-state index is -1.63. The van der Waals surface area contributed by atoms with Crippen molar-refractivity contribution < 1.29 is 28.9 Å². The fourth-order valence-electron chi connectivity index (χ4n) is 0.782. The maximum Gasteiger partial charge on any atom is 0.419 e. The van der Waals surface area contributed by atoms with Gasteiger partial charge in [-0.2, -0.15) is 0 Å². The molecule has 0 aromatic rings. The number of fused-ring (bicyclic) bond motifs is 1. The molecule has 0 aromatic heterocycles. The Morgan fingerprint density at radius 3 is 2.45 bits per heavy atom. The zero-order chi connectivity index (χ0) is 8.01. The summed E-state index contributed by atoms with van der Waals surface area (Å²) in [6.45, 7) is 0. The molecule has 0 radical (unpaired) electrons. The van der Waals surface area contributed by atoms with Crippen LogP contribution in [-0.2, 0) is 23.8 Å². The Balaban J connectivity index is 1.81. The van der Waals surface area contributed by atoms with Gasteiger partial charge in [-0.1, -0.05) is 0 Å². The highest BCUT2D eigenvalue weighted by Crippen LogP contribution is 2.40. The van der Waals surface area contributed by atoms with Crippen LogP contribution in [0.25, 0.3) is 0 Å². The summed E-state index contributed by atoms with van der Waals surface area (Å²) in [6.07, 6.45) is -1.33. The second-order valence-electron chi connectivity index (χ2n) is 2.18. The van der Waals surface area contributed by atoms with E-state index in [1.807, 2.05) is 0 Å². The van der Waals surface area contributed by atoms with E-state index in [1.165, 1.54) is 0 Å². The van der Waals surface area contributed by atoms with Crippen LogP contribution in [-0.4, -0.2) is 35.7 Å². The molecule has 3 atom stereocenters. The fraction of sp³-hybridized carbons (Fsp3) is 0.600. The highest BCUT2D eigenvalue weighted by Gasteiger charge is 2.61. The number of hydrogen-bond acceptors (Lipinski definition) is 5. The van der Waals surface area contributed by atoms with Gasteiger partial charge in [-0.05, 0) is 0 Å². The molecule has 2 aliphatic rings. The number of carbonyl (C=O) groups is 2. The van der Waals surface area contributed by atoms with Crippen LogP contribution in [0.15, 0.2) is 0 Å². The van der Waals surface area contributed by atoms with Gasteiger partial charge in [0, 0.05) is 0 Å². The Morgan fingerprint density at radius 1 is 1.36 bits per heavy atom. The Labute approximate surface area is 60.6 Å². The fourth-order valence-corrected chi connectivity index (χ4v) is 0.782. The number of carboxylic acid groups (broad SMARTS) is 1. The normalized spacial score (nSPS) is 38.4. The van der Waals surface area contributed by atoms with Gasteiger partial charge < -0.3 is 19.3 Å². The van der Waals surface area contributed by atoms with Crippen LogP contribution in [0.1, 0.15) is 0 Å². The van der Waals surface area contributed by atoms with Crippen molar-refractivity contribution >= 4 is 11.9 Å². The van der Waals surface area contributed by atoms with Crippen molar-refractivity contribution in [2.24, 2.45) is 0 Å². The molecule has 11 heavy (non-hydrogen) atoms. The molecule has 2 saturated heterocycles. The highest BCUT2D eigenvalue weighted by molar-refractivity contribution is 6.28. The van der Waals surface area contributed by atoms with Crippen molar-refractivity contribution in [3.63, 3.8) is 0 Å². The van der Waals surface area contributed by atoms with Crippen molar-refractivity contribution in [2.75, 3.05) is 0 Å². The van der Waals surface area contributed by atoms with Crippen molar-refractivity contribution in [3.8, 4) is 0 Å². The molecule has 6 heteroatoms. The van der Waals surface area contributed by atoms with Gasteiger partial charge >= 0.3 is 11.9 Å². The molecule has 3 unspecified atom stereocenters. The number of carbonyl (C=O) groups excluding carboxylic acids is 1. The maximum absolute atomic E-state index is 10.4. The second kappa shape index (κ2) is 1.93. The molecular formula is C5H4O6. The van der Waals surface area contributed by atoms with E-state index in [1.54, 1.807) is 0 Å². The second-order valence-corrected chi connectivity index (χ2v) is 2.18. The van der Waals surface area contributed by atoms with E-state index in [2.05, 4.69) is 4.74 Å². The van der Waals surface area contributed by atoms with Crippen LogP contribution in [0.4, 0.5) is 0 Å². The number of esters is 1. The minimum absolute atomic E-state index is 0.238. The molecule has 0 amide bonds. The molecule has 1 N–H and O–H groups in total. The number of rotatable bonds is 1. The topological polar surface area (TPSA) is 85.4 Å². The monoisotopic (exact) mass is 160 g/mol. The quantitative estimate of drug-likeness (QED) is 0.291. The van der Waals surface area contributed by atoms with E-state index in [0.717, 1.165) is 0 Å². The Kier molecular flexibility index (Phi) is 1.15. The zero-order valence-electron chi connectivity index (χ0n) is 5.22. The van der Waals surface area contributed by atoms with E-state index in [-0.39, 0.29) is 12.4 Å². The number of ether oxygens (including phenoxy) is 3. The van der Waals surface area contributed by atoms with Crippen LogP contribution in [0.5, 0.6) is 0 Å². The molecule has 0 saturated carbocycles. The molecule has 6 nitrogen and oxygen atoms in total. The highest BCUT2D eigenvalue weighted by atomic mass is 16.9. The van der Waals surface area contributed by atoms with Gasteiger partial charge in [-0.25, -0.2) is 9.59 Å². The number of hydrogen-bond donors (Lipinski definition) is 1. The molecule has 0 bridgehead atoms. The average molecular weight is 160 g/mol. The first-order valence-corrected chi connectivity index (χ1v) is 2.93. The Morgan fingerprint density at radius 2 is 2.09 bits per heavy atom. The van der Waals surface area contributed by atoms with E-state index >= 15 is 0 Å². The lowest BCUT2D eigenvalue weighted by molar-refractivity contribution is -0.211. The molecule has 60 valence electrons. The van der Waals surface area contributed by atoms with E-state index in [4.69, 9.17) is 14.6 Å². The molecule has 0 aliphatic carbocycles. The summed E-state index contributed by atoms with van der Waals surface area (Å²) >= 11 is 0. The molecular weight excluding hydrogens is 156 g/mol. The third-order valence-electron chi connectivity index (χ3n) is 1.42. The van der Waals surface area contributed by atoms with Crippen LogP contribution >= 0.6 is 0 Å². The molecule has 2 rings (SSSR count). The van der Waals surface area contributed by atoms with Crippen LogP contribution in [0.2, 0.25) is 0 Å². The lowest BCUT2D eigenvalue weighted by atomic mass is 10.3. The summed E-state index contributed by atoms with van der Waals surface area (Å²) in [4.78, 5) is 20.3. The smallest absolute Gasteiger partial charge is 0.419 e. The van der Waals surface area contributed by atoms with Gasteiger partial charge in [0.25, 0.3) is 0 Å². The summed E-state index contributed by atoms with van der Waals surface area (Å²) in [7, 11) is 0. The standard InChI is InChI=1S/C5H4O6/c6-2(7)3(8)10-5-1-4(9-1)11-5/h1,4-5H,(H,6,7). The number of carboxylic acids is 1. The van der Waals surface area contributed by atoms with Crippen molar-refractivity contribution in [1.29, 1.82) is 0 Å². The summed E-state index contributed by atoms with van der Waals surface area (Å²) < 4.78 is 13.7. The summed E-state index contributed by atoms with van der Waals surface area (Å²) in [6, 6.07) is 0. The first kappa shape index (κ1) is 6.56. The zero-order valence-corrected chi connectivity index (χ0v) is 5.22. The van der Waals surface area contributed by atoms with Crippen LogP contribution in [0, 0.1) is 0 Å². The van der Waals surface area contributed by atoms with Gasteiger partial charge in [-0.3, -0.25) is 0 Å². The predicted octanol–water partition coefficient (Wildman–Crippen LogP) is -1.30. The third-order valence-corrected chi connectivity index (χ3v) is 1.42. The molecule has 2 fully saturated rings. The first-order chi connectivity index (χ1) is 5.18. The summed E-state index contributed by atoms with van der Waals surface area (Å²) in [5, 5.41) is 8.08. The Hall–Kier alpha value is -1.14. The summed E-state index contributed by atoms with van der Waals surface area (Å²) in [5.74, 6) is -2.94. The van der Waals surface area contributed by atoms with Crippen molar-refractivity contribution in [2.45, 2.75) is 18.7 Å². The molecule has 0 spiro atoms. The molecule has 2 heterocycles. The molecule has 0 aromatic carbocycles. The molecule has 2 aliphatic heterocycles. The maximum atomic E-state index is 10.4. The predicted molar refractivity (Wildman–Crippen MR) is 27.3 cm³/mol. The average Bonchev–Trinajstić information content (AvgIpc) is 2.55. The minimum Gasteiger partial charge on any atom is -0.473 e. The van der Waals surface area contributed by atoms with E-state index in [9.17, 15) is 9.59 Å². The lowest BCUT2D eigenvalue weighted by Gasteiger charge is -2.19. The van der Waals surface area contributed by atoms with Crippen LogP contribution in [0.3, 0.4) is 0 Å². The van der Waals surface area contributed by atoms with Crippen molar-refractivity contribution in [1.82, 2.24) is 0 Å². The van der Waals surface area contributed by atoms with Crippen LogP contribution < -0.4 is 0 Å². The van der Waals surface area contributed by atoms with Gasteiger partial charge in [-0.15, -0.1) is 0 Å². The first-order valence-electron chi connectivity index (χ1n) is 2.93. The third kappa shape index (κ3) is 0.958. The van der Waals surface area contributed by atoms with Gasteiger partial charge in [0.1, 0.15) is 0 Å². The van der Waals surface area contributed by atoms with E-state index in [0.29, 0.717) is 0 Å².